The number of amides is 1. The van der Waals surface area contributed by atoms with E-state index in [2.05, 4.69) is 28.5 Å². The number of carbonyl (C=O) groups excluding carboxylic acids is 1. The number of carbonyl (C=O) groups is 1. The summed E-state index contributed by atoms with van der Waals surface area (Å²) in [5, 5.41) is 12.5. The molecule has 0 atom stereocenters. The molecule has 8 nitrogen and oxygen atoms in total. The van der Waals surface area contributed by atoms with Crippen LogP contribution in [0.2, 0.25) is 0 Å². The average molecular weight is 450 g/mol. The summed E-state index contributed by atoms with van der Waals surface area (Å²) in [6.45, 7) is 7.15. The number of para-hydroxylation sites is 1. The Morgan fingerprint density at radius 2 is 1.84 bits per heavy atom. The van der Waals surface area contributed by atoms with Crippen molar-refractivity contribution in [2.24, 2.45) is 0 Å². The molecule has 5 rings (SSSR count). The summed E-state index contributed by atoms with van der Waals surface area (Å²) < 4.78 is 13.2. The summed E-state index contributed by atoms with van der Waals surface area (Å²) in [4.78, 5) is 15.4. The van der Waals surface area contributed by atoms with Gasteiger partial charge < -0.3 is 14.4 Å². The number of benzene rings is 2. The number of thioether (sulfide) groups is 1. The molecule has 0 N–H and O–H groups in total. The van der Waals surface area contributed by atoms with Crippen molar-refractivity contribution >= 4 is 28.9 Å². The summed E-state index contributed by atoms with van der Waals surface area (Å²) in [5.74, 6) is 1.53. The molecule has 3 heterocycles. The van der Waals surface area contributed by atoms with Crippen molar-refractivity contribution in [2.75, 3.05) is 23.9 Å². The zero-order chi connectivity index (χ0) is 22.3. The van der Waals surface area contributed by atoms with Gasteiger partial charge >= 0.3 is 0 Å². The molecule has 0 spiro atoms. The Morgan fingerprint density at radius 1 is 1.12 bits per heavy atom. The van der Waals surface area contributed by atoms with E-state index in [-0.39, 0.29) is 11.7 Å². The van der Waals surface area contributed by atoms with Crippen LogP contribution in [0.3, 0.4) is 0 Å². The van der Waals surface area contributed by atoms with Crippen molar-refractivity contribution in [2.45, 2.75) is 31.5 Å². The molecule has 0 aliphatic carbocycles. The van der Waals surface area contributed by atoms with Crippen LogP contribution < -0.4 is 14.4 Å². The van der Waals surface area contributed by atoms with Crippen LogP contribution in [-0.4, -0.2) is 50.6 Å². The zero-order valence-corrected chi connectivity index (χ0v) is 18.9. The minimum atomic E-state index is -0.496. The normalized spacial score (nSPS) is 16.3. The lowest BCUT2D eigenvalue weighted by molar-refractivity contribution is -0.116. The Morgan fingerprint density at radius 3 is 2.59 bits per heavy atom. The fourth-order valence-electron chi connectivity index (χ4n) is 4.21. The average Bonchev–Trinajstić information content (AvgIpc) is 3.25. The highest BCUT2D eigenvalue weighted by Gasteiger charge is 2.37. The number of tetrazole rings is 1. The maximum Gasteiger partial charge on any atom is 0.238 e. The summed E-state index contributed by atoms with van der Waals surface area (Å²) in [5.41, 5.74) is 3.25. The Hall–Kier alpha value is -3.33. The molecule has 3 aromatic rings. The van der Waals surface area contributed by atoms with E-state index in [0.717, 1.165) is 22.5 Å². The molecule has 1 amide bonds. The number of aromatic nitrogens is 4. The first kappa shape index (κ1) is 20.6. The van der Waals surface area contributed by atoms with Gasteiger partial charge in [0, 0.05) is 11.6 Å². The summed E-state index contributed by atoms with van der Waals surface area (Å²) in [6.07, 6.45) is 2.11. The lowest BCUT2D eigenvalue weighted by atomic mass is 9.88. The van der Waals surface area contributed by atoms with Crippen molar-refractivity contribution in [1.29, 1.82) is 0 Å². The van der Waals surface area contributed by atoms with Crippen LogP contribution in [0.1, 0.15) is 26.3 Å². The molecule has 0 fully saturated rings. The fraction of sp³-hybridized carbons (Fsp3) is 0.304. The quantitative estimate of drug-likeness (QED) is 0.561. The molecule has 2 aliphatic heterocycles. The highest BCUT2D eigenvalue weighted by Crippen LogP contribution is 2.45. The van der Waals surface area contributed by atoms with Gasteiger partial charge in [-0.3, -0.25) is 4.79 Å². The largest absolute Gasteiger partial charge is 0.486 e. The minimum Gasteiger partial charge on any atom is -0.486 e. The number of ether oxygens (including phenoxy) is 2. The molecule has 2 aromatic carbocycles. The summed E-state index contributed by atoms with van der Waals surface area (Å²) >= 11 is 1.31. The molecule has 0 saturated carbocycles. The van der Waals surface area contributed by atoms with Gasteiger partial charge in [0.15, 0.2) is 11.5 Å². The highest BCUT2D eigenvalue weighted by atomic mass is 32.2. The number of hydrogen-bond donors (Lipinski definition) is 0. The standard InChI is InChI=1S/C23H23N5O3S/c1-15-13-23(2,3)27(18-12-20-19(11-17(15)18)30-9-10-31-20)21(29)14-32-22-24-25-26-28(22)16-7-5-4-6-8-16/h4-8,11-13H,9-10,14H2,1-3H3. The summed E-state index contributed by atoms with van der Waals surface area (Å²) in [7, 11) is 0. The van der Waals surface area contributed by atoms with Gasteiger partial charge in [0.1, 0.15) is 13.2 Å². The van der Waals surface area contributed by atoms with Crippen LogP contribution in [0.25, 0.3) is 11.3 Å². The van der Waals surface area contributed by atoms with Crippen molar-refractivity contribution in [3.8, 4) is 17.2 Å². The van der Waals surface area contributed by atoms with Crippen LogP contribution in [0.4, 0.5) is 5.69 Å². The van der Waals surface area contributed by atoms with Crippen LogP contribution in [0, 0.1) is 0 Å². The highest BCUT2D eigenvalue weighted by molar-refractivity contribution is 7.99. The maximum absolute atomic E-state index is 13.5. The zero-order valence-electron chi connectivity index (χ0n) is 18.1. The van der Waals surface area contributed by atoms with E-state index in [1.165, 1.54) is 11.8 Å². The Kier molecular flexibility index (Phi) is 5.13. The van der Waals surface area contributed by atoms with Crippen LogP contribution in [0.5, 0.6) is 11.5 Å². The number of anilines is 1. The Balaban J connectivity index is 1.44. The topological polar surface area (TPSA) is 82.4 Å². The van der Waals surface area contributed by atoms with Gasteiger partial charge in [0.05, 0.1) is 22.7 Å². The van der Waals surface area contributed by atoms with E-state index >= 15 is 0 Å². The van der Waals surface area contributed by atoms with E-state index in [9.17, 15) is 4.79 Å². The molecule has 32 heavy (non-hydrogen) atoms. The van der Waals surface area contributed by atoms with Crippen molar-refractivity contribution in [1.82, 2.24) is 20.2 Å². The first-order valence-electron chi connectivity index (χ1n) is 10.4. The van der Waals surface area contributed by atoms with Gasteiger partial charge in [-0.2, -0.15) is 4.68 Å². The van der Waals surface area contributed by atoms with Crippen LogP contribution in [-0.2, 0) is 4.79 Å². The van der Waals surface area contributed by atoms with Gasteiger partial charge in [-0.1, -0.05) is 36.0 Å². The van der Waals surface area contributed by atoms with Gasteiger partial charge in [0.25, 0.3) is 0 Å². The van der Waals surface area contributed by atoms with Crippen molar-refractivity contribution in [3.05, 3.63) is 54.1 Å². The monoisotopic (exact) mass is 449 g/mol. The Labute approximate surface area is 190 Å². The first-order valence-corrected chi connectivity index (χ1v) is 11.4. The second-order valence-electron chi connectivity index (χ2n) is 8.22. The molecule has 164 valence electrons. The van der Waals surface area contributed by atoms with Gasteiger partial charge in [0.2, 0.25) is 11.1 Å². The third-order valence-electron chi connectivity index (χ3n) is 5.49. The van der Waals surface area contributed by atoms with Gasteiger partial charge in [-0.25, -0.2) is 0 Å². The molecule has 0 saturated heterocycles. The molecule has 2 aliphatic rings. The van der Waals surface area contributed by atoms with Crippen LogP contribution >= 0.6 is 11.8 Å². The molecular formula is C23H23N5O3S. The van der Waals surface area contributed by atoms with E-state index in [1.54, 1.807) is 4.68 Å². The molecule has 1 aromatic heterocycles. The third-order valence-corrected chi connectivity index (χ3v) is 6.39. The summed E-state index contributed by atoms with van der Waals surface area (Å²) in [6, 6.07) is 13.5. The fourth-order valence-corrected chi connectivity index (χ4v) is 4.95. The Bertz CT molecular complexity index is 1210. The number of nitrogens with zero attached hydrogens (tertiary/aromatic N) is 5. The molecule has 0 bridgehead atoms. The SMILES string of the molecule is CC1=CC(C)(C)N(C(=O)CSc2nnnn2-c2ccccc2)c2cc3c(cc21)OCCO3. The second-order valence-corrected chi connectivity index (χ2v) is 9.16. The maximum atomic E-state index is 13.5. The van der Waals surface area contributed by atoms with E-state index in [0.29, 0.717) is 29.9 Å². The molecule has 9 heteroatoms. The lowest BCUT2D eigenvalue weighted by Gasteiger charge is -2.42. The van der Waals surface area contributed by atoms with Crippen LogP contribution in [0.15, 0.2) is 53.7 Å². The van der Waals surface area contributed by atoms with Gasteiger partial charge in [-0.15, -0.1) is 5.10 Å². The lowest BCUT2D eigenvalue weighted by Crippen LogP contribution is -2.49. The van der Waals surface area contributed by atoms with Crippen molar-refractivity contribution in [3.63, 3.8) is 0 Å². The van der Waals surface area contributed by atoms with Gasteiger partial charge in [-0.05, 0) is 55.0 Å². The molecule has 0 radical (unpaired) electrons. The van der Waals surface area contributed by atoms with E-state index in [4.69, 9.17) is 9.47 Å². The number of fused-ring (bicyclic) bond motifs is 2. The predicted molar refractivity (Wildman–Crippen MR) is 123 cm³/mol. The minimum absolute atomic E-state index is 0.0377. The molecule has 0 unspecified atom stereocenters. The second kappa shape index (κ2) is 7.98. The third kappa shape index (κ3) is 3.62. The molecular weight excluding hydrogens is 426 g/mol. The smallest absolute Gasteiger partial charge is 0.238 e. The number of rotatable bonds is 4. The van der Waals surface area contributed by atoms with Crippen molar-refractivity contribution < 1.29 is 14.3 Å². The number of hydrogen-bond acceptors (Lipinski definition) is 7. The predicted octanol–water partition coefficient (Wildman–Crippen LogP) is 3.75. The van der Waals surface area contributed by atoms with E-state index < -0.39 is 5.54 Å². The first-order chi connectivity index (χ1) is 15.4. The van der Waals surface area contributed by atoms with E-state index in [1.807, 2.05) is 61.2 Å². The number of allylic oxidation sites excluding steroid dienone is 1.